The van der Waals surface area contributed by atoms with E-state index in [1.807, 2.05) is 20.8 Å². The van der Waals surface area contributed by atoms with Gasteiger partial charge in [-0.05, 0) is 20.3 Å². The van der Waals surface area contributed by atoms with Crippen LogP contribution in [0.4, 0.5) is 0 Å². The first kappa shape index (κ1) is 15.8. The maximum absolute atomic E-state index is 11.9. The van der Waals surface area contributed by atoms with Crippen LogP contribution >= 0.6 is 12.2 Å². The minimum absolute atomic E-state index is 0.0239. The summed E-state index contributed by atoms with van der Waals surface area (Å²) in [5.74, 6) is -0.880. The van der Waals surface area contributed by atoms with E-state index in [4.69, 9.17) is 18.0 Å². The van der Waals surface area contributed by atoms with Gasteiger partial charge in [0.05, 0.1) is 17.5 Å². The van der Waals surface area contributed by atoms with E-state index >= 15 is 0 Å². The molecule has 0 aliphatic rings. The van der Waals surface area contributed by atoms with E-state index in [-0.39, 0.29) is 29.4 Å². The van der Waals surface area contributed by atoms with Gasteiger partial charge in [-0.1, -0.05) is 19.1 Å². The summed E-state index contributed by atoms with van der Waals surface area (Å²) in [5, 5.41) is 2.72. The third-order valence-electron chi connectivity index (χ3n) is 2.26. The maximum atomic E-state index is 11.9. The van der Waals surface area contributed by atoms with Gasteiger partial charge in [-0.3, -0.25) is 9.59 Å². The lowest BCUT2D eigenvalue weighted by Crippen LogP contribution is -2.45. The molecule has 0 rings (SSSR count). The van der Waals surface area contributed by atoms with Crippen LogP contribution in [0.1, 0.15) is 27.2 Å². The second-order valence-corrected chi connectivity index (χ2v) is 4.75. The molecule has 2 amide bonds. The van der Waals surface area contributed by atoms with E-state index in [0.717, 1.165) is 0 Å². The Hall–Kier alpha value is -1.17. The van der Waals surface area contributed by atoms with Gasteiger partial charge in [-0.25, -0.2) is 0 Å². The van der Waals surface area contributed by atoms with E-state index < -0.39 is 5.92 Å². The smallest absolute Gasteiger partial charge is 0.239 e. The zero-order chi connectivity index (χ0) is 13.6. The van der Waals surface area contributed by atoms with Crippen LogP contribution in [-0.4, -0.2) is 41.3 Å². The van der Waals surface area contributed by atoms with Gasteiger partial charge >= 0.3 is 0 Å². The molecule has 0 fully saturated rings. The second kappa shape index (κ2) is 7.21. The molecule has 0 radical (unpaired) electrons. The Kier molecular flexibility index (Phi) is 6.72. The fourth-order valence-corrected chi connectivity index (χ4v) is 1.69. The van der Waals surface area contributed by atoms with Crippen LogP contribution in [0, 0.1) is 5.92 Å². The molecule has 3 N–H and O–H groups in total. The summed E-state index contributed by atoms with van der Waals surface area (Å²) in [5.41, 5.74) is 5.48. The standard InChI is InChI=1S/C11H21N3O2S/c1-5-8(10(12)17)11(16)14(4)6-9(15)13-7(2)3/h7-8H,5-6H2,1-4H3,(H2,12,17)(H,13,15). The molecule has 0 aromatic carbocycles. The number of likely N-dealkylation sites (N-methyl/N-ethyl adjacent to an activating group) is 1. The van der Waals surface area contributed by atoms with Crippen molar-refractivity contribution in [2.24, 2.45) is 11.7 Å². The quantitative estimate of drug-likeness (QED) is 0.672. The highest BCUT2D eigenvalue weighted by molar-refractivity contribution is 7.80. The van der Waals surface area contributed by atoms with Crippen molar-refractivity contribution in [1.82, 2.24) is 10.2 Å². The van der Waals surface area contributed by atoms with E-state index in [9.17, 15) is 9.59 Å². The molecule has 0 saturated heterocycles. The van der Waals surface area contributed by atoms with E-state index in [0.29, 0.717) is 6.42 Å². The third-order valence-corrected chi connectivity index (χ3v) is 2.54. The van der Waals surface area contributed by atoms with Gasteiger partial charge in [0, 0.05) is 13.1 Å². The molecule has 0 heterocycles. The Morgan fingerprint density at radius 3 is 2.29 bits per heavy atom. The van der Waals surface area contributed by atoms with Crippen molar-refractivity contribution < 1.29 is 9.59 Å². The molecule has 0 spiro atoms. The number of hydrogen-bond donors (Lipinski definition) is 2. The Balaban J connectivity index is 4.40. The Morgan fingerprint density at radius 2 is 1.94 bits per heavy atom. The Morgan fingerprint density at radius 1 is 1.41 bits per heavy atom. The van der Waals surface area contributed by atoms with E-state index in [1.54, 1.807) is 7.05 Å². The Labute approximate surface area is 108 Å². The minimum Gasteiger partial charge on any atom is -0.393 e. The zero-order valence-electron chi connectivity index (χ0n) is 10.8. The molecule has 0 aromatic rings. The summed E-state index contributed by atoms with van der Waals surface area (Å²) >= 11 is 4.82. The normalized spacial score (nSPS) is 12.1. The van der Waals surface area contributed by atoms with Crippen LogP contribution in [0.2, 0.25) is 0 Å². The predicted octanol–water partition coefficient (Wildman–Crippen LogP) is 0.282. The number of carbonyl (C=O) groups is 2. The molecular weight excluding hydrogens is 238 g/mol. The minimum atomic E-state index is -0.484. The van der Waals surface area contributed by atoms with Crippen molar-refractivity contribution in [2.45, 2.75) is 33.2 Å². The predicted molar refractivity (Wildman–Crippen MR) is 71.5 cm³/mol. The summed E-state index contributed by atoms with van der Waals surface area (Å²) in [6.07, 6.45) is 0.546. The first-order valence-electron chi connectivity index (χ1n) is 5.63. The van der Waals surface area contributed by atoms with Crippen molar-refractivity contribution in [3.63, 3.8) is 0 Å². The monoisotopic (exact) mass is 259 g/mol. The van der Waals surface area contributed by atoms with Gasteiger partial charge in [-0.2, -0.15) is 0 Å². The first-order chi connectivity index (χ1) is 7.79. The fraction of sp³-hybridized carbons (Fsp3) is 0.727. The van der Waals surface area contributed by atoms with Gasteiger partial charge in [-0.15, -0.1) is 0 Å². The van der Waals surface area contributed by atoms with Crippen LogP contribution in [0.25, 0.3) is 0 Å². The van der Waals surface area contributed by atoms with Crippen molar-refractivity contribution in [3.05, 3.63) is 0 Å². The Bertz CT molecular complexity index is 305. The molecular formula is C11H21N3O2S. The molecule has 0 saturated carbocycles. The van der Waals surface area contributed by atoms with Gasteiger partial charge in [0.2, 0.25) is 11.8 Å². The summed E-state index contributed by atoms with van der Waals surface area (Å²) in [6.45, 7) is 5.59. The van der Waals surface area contributed by atoms with Crippen molar-refractivity contribution in [1.29, 1.82) is 0 Å². The number of hydrogen-bond acceptors (Lipinski definition) is 3. The lowest BCUT2D eigenvalue weighted by Gasteiger charge is -2.22. The number of amides is 2. The van der Waals surface area contributed by atoms with Crippen LogP contribution in [0.15, 0.2) is 0 Å². The molecule has 1 atom stereocenters. The maximum Gasteiger partial charge on any atom is 0.239 e. The van der Waals surface area contributed by atoms with Gasteiger partial charge in [0.25, 0.3) is 0 Å². The summed E-state index contributed by atoms with van der Waals surface area (Å²) in [7, 11) is 1.57. The topological polar surface area (TPSA) is 75.4 Å². The molecule has 0 aliphatic heterocycles. The molecule has 1 unspecified atom stereocenters. The highest BCUT2D eigenvalue weighted by Crippen LogP contribution is 2.07. The highest BCUT2D eigenvalue weighted by Gasteiger charge is 2.24. The number of nitrogens with zero attached hydrogens (tertiary/aromatic N) is 1. The van der Waals surface area contributed by atoms with E-state index in [1.165, 1.54) is 4.90 Å². The average Bonchev–Trinajstić information content (AvgIpc) is 2.16. The largest absolute Gasteiger partial charge is 0.393 e. The van der Waals surface area contributed by atoms with Crippen LogP contribution < -0.4 is 11.1 Å². The third kappa shape index (κ3) is 5.63. The summed E-state index contributed by atoms with van der Waals surface area (Å²) in [4.78, 5) is 24.9. The second-order valence-electron chi connectivity index (χ2n) is 4.28. The van der Waals surface area contributed by atoms with Gasteiger partial charge in [0.1, 0.15) is 0 Å². The van der Waals surface area contributed by atoms with Crippen molar-refractivity contribution in [2.75, 3.05) is 13.6 Å². The van der Waals surface area contributed by atoms with Gasteiger partial charge < -0.3 is 16.0 Å². The van der Waals surface area contributed by atoms with Crippen molar-refractivity contribution in [3.8, 4) is 0 Å². The molecule has 17 heavy (non-hydrogen) atoms. The number of nitrogens with two attached hydrogens (primary N) is 1. The van der Waals surface area contributed by atoms with Crippen LogP contribution in [0.3, 0.4) is 0 Å². The van der Waals surface area contributed by atoms with Gasteiger partial charge in [0.15, 0.2) is 0 Å². The fourth-order valence-electron chi connectivity index (χ4n) is 1.42. The molecule has 0 aliphatic carbocycles. The molecule has 0 aromatic heterocycles. The lowest BCUT2D eigenvalue weighted by molar-refractivity contribution is -0.136. The summed E-state index contributed by atoms with van der Waals surface area (Å²) in [6, 6.07) is 0.0589. The number of rotatable bonds is 6. The molecule has 98 valence electrons. The summed E-state index contributed by atoms with van der Waals surface area (Å²) < 4.78 is 0. The van der Waals surface area contributed by atoms with E-state index in [2.05, 4.69) is 5.32 Å². The zero-order valence-corrected chi connectivity index (χ0v) is 11.6. The van der Waals surface area contributed by atoms with Crippen LogP contribution in [-0.2, 0) is 9.59 Å². The van der Waals surface area contributed by atoms with Crippen molar-refractivity contribution >= 4 is 29.0 Å². The molecule has 0 bridgehead atoms. The number of thiocarbonyl (C=S) groups is 1. The lowest BCUT2D eigenvalue weighted by atomic mass is 10.1. The SMILES string of the molecule is CCC(C(=O)N(C)CC(=O)NC(C)C)C(N)=S. The first-order valence-corrected chi connectivity index (χ1v) is 6.04. The number of nitrogens with one attached hydrogen (secondary N) is 1. The van der Waals surface area contributed by atoms with Crippen LogP contribution in [0.5, 0.6) is 0 Å². The highest BCUT2D eigenvalue weighted by atomic mass is 32.1. The molecule has 6 heteroatoms. The molecule has 5 nitrogen and oxygen atoms in total. The number of carbonyl (C=O) groups excluding carboxylic acids is 2. The average molecular weight is 259 g/mol.